The van der Waals surface area contributed by atoms with E-state index in [1.807, 2.05) is 0 Å². The van der Waals surface area contributed by atoms with Crippen LogP contribution in [-0.4, -0.2) is 34.0 Å². The molecule has 0 aromatic heterocycles. The highest BCUT2D eigenvalue weighted by Gasteiger charge is 2.04. The minimum Gasteiger partial charge on any atom is -0.490 e. The number of ether oxygens (including phenoxy) is 2. The summed E-state index contributed by atoms with van der Waals surface area (Å²) in [5, 5.41) is 4.95. The van der Waals surface area contributed by atoms with Gasteiger partial charge in [-0.2, -0.15) is 0 Å². The first-order valence-corrected chi connectivity index (χ1v) is 7.14. The molecule has 0 unspecified atom stereocenters. The predicted molar refractivity (Wildman–Crippen MR) is 65.7 cm³/mol. The molecule has 0 radical (unpaired) electrons. The third kappa shape index (κ3) is 6.15. The fourth-order valence-electron chi connectivity index (χ4n) is 1.08. The summed E-state index contributed by atoms with van der Waals surface area (Å²) in [5.74, 6) is -0.352. The molecule has 2 N–H and O–H groups in total. The van der Waals surface area contributed by atoms with Gasteiger partial charge in [0, 0.05) is 0 Å². The number of sulfonamides is 1. The summed E-state index contributed by atoms with van der Waals surface area (Å²) in [5.41, 5.74) is 0. The largest absolute Gasteiger partial charge is 0.490 e. The molecule has 1 aromatic rings. The topological polar surface area (TPSA) is 78.6 Å². The maximum absolute atomic E-state index is 12.7. The number of nitrogens with two attached hydrogens (primary N) is 1. The van der Waals surface area contributed by atoms with E-state index in [1.165, 1.54) is 12.1 Å². The lowest BCUT2D eigenvalue weighted by atomic mass is 10.3. The molecule has 1 rings (SSSR count). The molecule has 18 heavy (non-hydrogen) atoms. The zero-order valence-corrected chi connectivity index (χ0v) is 11.0. The molecule has 0 amide bonds. The van der Waals surface area contributed by atoms with Crippen molar-refractivity contribution in [2.24, 2.45) is 5.14 Å². The zero-order chi connectivity index (χ0) is 13.6. The van der Waals surface area contributed by atoms with E-state index in [-0.39, 0.29) is 30.6 Å². The lowest BCUT2D eigenvalue weighted by molar-refractivity contribution is 0.111. The standard InChI is InChI=1S/C10H13ClFNO4S/c11-9-7-8(12)1-2-10(9)17-4-3-16-5-6-18(13,14)15/h1-2,7H,3-6H2,(H2,13,14,15). The van der Waals surface area contributed by atoms with E-state index in [1.54, 1.807) is 0 Å². The summed E-state index contributed by atoms with van der Waals surface area (Å²) in [6.45, 7) is 0.360. The second-order valence-electron chi connectivity index (χ2n) is 3.40. The van der Waals surface area contributed by atoms with Crippen LogP contribution in [0.3, 0.4) is 0 Å². The summed E-state index contributed by atoms with van der Waals surface area (Å²) in [6.07, 6.45) is 0. The Bertz CT molecular complexity index is 495. The van der Waals surface area contributed by atoms with E-state index in [2.05, 4.69) is 0 Å². The van der Waals surface area contributed by atoms with Gasteiger partial charge in [-0.1, -0.05) is 11.6 Å². The van der Waals surface area contributed by atoms with Gasteiger partial charge in [-0.3, -0.25) is 0 Å². The molecule has 102 valence electrons. The van der Waals surface area contributed by atoms with Crippen LogP contribution < -0.4 is 9.88 Å². The van der Waals surface area contributed by atoms with Crippen molar-refractivity contribution in [3.63, 3.8) is 0 Å². The molecule has 8 heteroatoms. The van der Waals surface area contributed by atoms with E-state index >= 15 is 0 Å². The SMILES string of the molecule is NS(=O)(=O)CCOCCOc1ccc(F)cc1Cl. The monoisotopic (exact) mass is 297 g/mol. The fraction of sp³-hybridized carbons (Fsp3) is 0.400. The Morgan fingerprint density at radius 2 is 2.00 bits per heavy atom. The first-order chi connectivity index (χ1) is 8.38. The first-order valence-electron chi connectivity index (χ1n) is 5.04. The number of hydrogen-bond donors (Lipinski definition) is 1. The molecule has 0 aliphatic carbocycles. The smallest absolute Gasteiger partial charge is 0.211 e. The summed E-state index contributed by atoms with van der Waals surface area (Å²) < 4.78 is 44.1. The first kappa shape index (κ1) is 15.2. The molecule has 0 aliphatic rings. The van der Waals surface area contributed by atoms with Crippen molar-refractivity contribution < 1.29 is 22.3 Å². The average molecular weight is 298 g/mol. The van der Waals surface area contributed by atoms with Crippen molar-refractivity contribution in [2.45, 2.75) is 0 Å². The Hall–Kier alpha value is -0.890. The highest BCUT2D eigenvalue weighted by Crippen LogP contribution is 2.24. The highest BCUT2D eigenvalue weighted by atomic mass is 35.5. The minimum atomic E-state index is -3.50. The van der Waals surface area contributed by atoms with Crippen LogP contribution >= 0.6 is 11.6 Å². The van der Waals surface area contributed by atoms with Gasteiger partial charge in [0.15, 0.2) is 0 Å². The molecule has 0 heterocycles. The summed E-state index contributed by atoms with van der Waals surface area (Å²) in [4.78, 5) is 0. The fourth-order valence-corrected chi connectivity index (χ4v) is 1.65. The van der Waals surface area contributed by atoms with Crippen LogP contribution in [-0.2, 0) is 14.8 Å². The van der Waals surface area contributed by atoms with Crippen LogP contribution in [0.25, 0.3) is 0 Å². The van der Waals surface area contributed by atoms with Crippen LogP contribution in [0.4, 0.5) is 4.39 Å². The van der Waals surface area contributed by atoms with E-state index in [0.29, 0.717) is 5.75 Å². The highest BCUT2D eigenvalue weighted by molar-refractivity contribution is 7.89. The molecule has 5 nitrogen and oxygen atoms in total. The van der Waals surface area contributed by atoms with Crippen molar-refractivity contribution in [3.8, 4) is 5.75 Å². The van der Waals surface area contributed by atoms with Crippen molar-refractivity contribution in [1.82, 2.24) is 0 Å². The molecule has 0 atom stereocenters. The third-order valence-electron chi connectivity index (χ3n) is 1.89. The van der Waals surface area contributed by atoms with Crippen LogP contribution in [0.5, 0.6) is 5.75 Å². The van der Waals surface area contributed by atoms with Gasteiger partial charge >= 0.3 is 0 Å². The molecular weight excluding hydrogens is 285 g/mol. The molecule has 0 spiro atoms. The third-order valence-corrected chi connectivity index (χ3v) is 2.92. The summed E-state index contributed by atoms with van der Waals surface area (Å²) in [7, 11) is -3.50. The van der Waals surface area contributed by atoms with Gasteiger partial charge in [0.1, 0.15) is 18.2 Å². The molecule has 0 saturated heterocycles. The quantitative estimate of drug-likeness (QED) is 0.766. The van der Waals surface area contributed by atoms with E-state index in [9.17, 15) is 12.8 Å². The maximum atomic E-state index is 12.7. The van der Waals surface area contributed by atoms with Crippen LogP contribution in [0.2, 0.25) is 5.02 Å². The van der Waals surface area contributed by atoms with Crippen LogP contribution in [0.15, 0.2) is 18.2 Å². The Labute approximate surface area is 110 Å². The van der Waals surface area contributed by atoms with Gasteiger partial charge in [0.2, 0.25) is 10.0 Å². The molecular formula is C10H13ClFNO4S. The number of halogens is 2. The van der Waals surface area contributed by atoms with Gasteiger partial charge in [-0.25, -0.2) is 17.9 Å². The van der Waals surface area contributed by atoms with Gasteiger partial charge < -0.3 is 9.47 Å². The van der Waals surface area contributed by atoms with E-state index in [0.717, 1.165) is 6.07 Å². The Morgan fingerprint density at radius 3 is 2.61 bits per heavy atom. The Balaban J connectivity index is 2.22. The predicted octanol–water partition coefficient (Wildman–Crippen LogP) is 1.16. The number of rotatable bonds is 7. The maximum Gasteiger partial charge on any atom is 0.211 e. The molecule has 0 fully saturated rings. The van der Waals surface area contributed by atoms with Crippen molar-refractivity contribution in [1.29, 1.82) is 0 Å². The molecule has 0 bridgehead atoms. The average Bonchev–Trinajstić information content (AvgIpc) is 2.24. The Morgan fingerprint density at radius 1 is 1.28 bits per heavy atom. The number of hydrogen-bond acceptors (Lipinski definition) is 4. The van der Waals surface area contributed by atoms with Gasteiger partial charge in [-0.15, -0.1) is 0 Å². The minimum absolute atomic E-state index is 0.000651. The summed E-state index contributed by atoms with van der Waals surface area (Å²) in [6, 6.07) is 3.77. The van der Waals surface area contributed by atoms with Crippen molar-refractivity contribution in [2.75, 3.05) is 25.6 Å². The molecule has 0 aliphatic heterocycles. The van der Waals surface area contributed by atoms with E-state index < -0.39 is 15.8 Å². The zero-order valence-electron chi connectivity index (χ0n) is 9.43. The number of benzene rings is 1. The van der Waals surface area contributed by atoms with Crippen LogP contribution in [0, 0.1) is 5.82 Å². The van der Waals surface area contributed by atoms with E-state index in [4.69, 9.17) is 26.2 Å². The number of primary sulfonamides is 1. The molecule has 1 aromatic carbocycles. The molecule has 0 saturated carbocycles. The lowest BCUT2D eigenvalue weighted by Crippen LogP contribution is -2.21. The van der Waals surface area contributed by atoms with Gasteiger partial charge in [-0.05, 0) is 18.2 Å². The summed E-state index contributed by atoms with van der Waals surface area (Å²) >= 11 is 5.73. The van der Waals surface area contributed by atoms with Gasteiger partial charge in [0.25, 0.3) is 0 Å². The Kier molecular flexibility index (Phi) is 5.80. The van der Waals surface area contributed by atoms with Crippen LogP contribution in [0.1, 0.15) is 0 Å². The van der Waals surface area contributed by atoms with Gasteiger partial charge in [0.05, 0.1) is 24.0 Å². The lowest BCUT2D eigenvalue weighted by Gasteiger charge is -2.08. The van der Waals surface area contributed by atoms with Crippen molar-refractivity contribution in [3.05, 3.63) is 29.0 Å². The normalized spacial score (nSPS) is 11.5. The second kappa shape index (κ2) is 6.89. The van der Waals surface area contributed by atoms with Crippen molar-refractivity contribution >= 4 is 21.6 Å². The second-order valence-corrected chi connectivity index (χ2v) is 5.54.